The molecule has 0 amide bonds. The van der Waals surface area contributed by atoms with Gasteiger partial charge in [-0.1, -0.05) is 37.3 Å². The van der Waals surface area contributed by atoms with Crippen LogP contribution in [-0.4, -0.2) is 36.0 Å². The van der Waals surface area contributed by atoms with Crippen LogP contribution in [0, 0.1) is 5.92 Å². The third-order valence-electron chi connectivity index (χ3n) is 4.89. The summed E-state index contributed by atoms with van der Waals surface area (Å²) in [7, 11) is 0. The summed E-state index contributed by atoms with van der Waals surface area (Å²) in [6, 6.07) is 10.6. The number of nitrogens with two attached hydrogens (primary N) is 1. The fourth-order valence-corrected chi connectivity index (χ4v) is 3.68. The molecule has 1 aromatic carbocycles. The first-order chi connectivity index (χ1) is 9.76. The minimum atomic E-state index is 0.125. The molecule has 0 aromatic heterocycles. The monoisotopic (exact) mass is 272 g/mol. The Kier molecular flexibility index (Phi) is 3.66. The maximum Gasteiger partial charge on any atom is 0.192 e. The molecule has 2 unspecified atom stereocenters. The lowest BCUT2D eigenvalue weighted by atomic mass is 9.76. The molecule has 1 fully saturated rings. The van der Waals surface area contributed by atoms with Crippen LogP contribution in [0.5, 0.6) is 0 Å². The van der Waals surface area contributed by atoms with Gasteiger partial charge in [-0.15, -0.1) is 0 Å². The highest BCUT2D eigenvalue weighted by Gasteiger charge is 2.48. The highest BCUT2D eigenvalue weighted by Crippen LogP contribution is 2.37. The number of benzene rings is 1. The fraction of sp³-hybridized carbons (Fsp3) is 0.562. The molecule has 0 radical (unpaired) electrons. The average Bonchev–Trinajstić information content (AvgIpc) is 2.79. The molecule has 1 saturated heterocycles. The van der Waals surface area contributed by atoms with E-state index in [4.69, 9.17) is 5.73 Å². The van der Waals surface area contributed by atoms with Crippen molar-refractivity contribution in [1.29, 1.82) is 0 Å². The van der Waals surface area contributed by atoms with Gasteiger partial charge in [-0.05, 0) is 30.9 Å². The lowest BCUT2D eigenvalue weighted by molar-refractivity contribution is 0.0753. The van der Waals surface area contributed by atoms with E-state index >= 15 is 0 Å². The molecular formula is C16H24N4. The molecule has 2 aliphatic rings. The van der Waals surface area contributed by atoms with Gasteiger partial charge in [0.15, 0.2) is 5.96 Å². The van der Waals surface area contributed by atoms with E-state index in [9.17, 15) is 0 Å². The van der Waals surface area contributed by atoms with Gasteiger partial charge >= 0.3 is 0 Å². The average molecular weight is 272 g/mol. The Balaban J connectivity index is 1.87. The lowest BCUT2D eigenvalue weighted by Crippen LogP contribution is -2.61. The Hall–Kier alpha value is -1.55. The van der Waals surface area contributed by atoms with Gasteiger partial charge in [0, 0.05) is 13.1 Å². The van der Waals surface area contributed by atoms with E-state index < -0.39 is 0 Å². The first-order valence-electron chi connectivity index (χ1n) is 7.58. The van der Waals surface area contributed by atoms with Crippen LogP contribution in [-0.2, 0) is 6.54 Å². The van der Waals surface area contributed by atoms with Crippen molar-refractivity contribution in [2.24, 2.45) is 16.6 Å². The summed E-state index contributed by atoms with van der Waals surface area (Å²) in [5.41, 5.74) is 7.64. The van der Waals surface area contributed by atoms with Gasteiger partial charge in [-0.3, -0.25) is 4.99 Å². The summed E-state index contributed by atoms with van der Waals surface area (Å²) in [5.74, 6) is 1.33. The van der Waals surface area contributed by atoms with Gasteiger partial charge in [0.1, 0.15) is 0 Å². The van der Waals surface area contributed by atoms with Crippen LogP contribution in [0.4, 0.5) is 0 Å². The minimum absolute atomic E-state index is 0.125. The van der Waals surface area contributed by atoms with Crippen molar-refractivity contribution in [3.8, 4) is 0 Å². The van der Waals surface area contributed by atoms with Gasteiger partial charge in [0.2, 0.25) is 0 Å². The highest BCUT2D eigenvalue weighted by molar-refractivity contribution is 5.81. The minimum Gasteiger partial charge on any atom is -0.370 e. The summed E-state index contributed by atoms with van der Waals surface area (Å²) in [5, 5.41) is 3.52. The molecule has 0 saturated carbocycles. The summed E-state index contributed by atoms with van der Waals surface area (Å²) in [6.07, 6.45) is 2.30. The van der Waals surface area contributed by atoms with Crippen LogP contribution in [0.2, 0.25) is 0 Å². The smallest absolute Gasteiger partial charge is 0.192 e. The van der Waals surface area contributed by atoms with Crippen LogP contribution in [0.25, 0.3) is 0 Å². The molecule has 0 aliphatic carbocycles. The first kappa shape index (κ1) is 13.4. The maximum atomic E-state index is 6.20. The van der Waals surface area contributed by atoms with Crippen LogP contribution >= 0.6 is 0 Å². The molecule has 4 nitrogen and oxygen atoms in total. The molecule has 1 aromatic rings. The maximum absolute atomic E-state index is 6.20. The van der Waals surface area contributed by atoms with E-state index in [0.29, 0.717) is 11.9 Å². The molecule has 2 aliphatic heterocycles. The van der Waals surface area contributed by atoms with Crippen LogP contribution < -0.4 is 11.1 Å². The standard InChI is InChI=1S/C16H24N4/c1-2-14-10-18-9-8-16(14)12-19-15(17)20(16)11-13-6-4-3-5-7-13/h3-7,14,18H,2,8-12H2,1H3,(H2,17,19). The summed E-state index contributed by atoms with van der Waals surface area (Å²) >= 11 is 0. The van der Waals surface area contributed by atoms with Crippen LogP contribution in [0.15, 0.2) is 35.3 Å². The summed E-state index contributed by atoms with van der Waals surface area (Å²) in [6.45, 7) is 6.13. The Bertz CT molecular complexity index is 485. The normalized spacial score (nSPS) is 29.8. The third-order valence-corrected chi connectivity index (χ3v) is 4.89. The van der Waals surface area contributed by atoms with Crippen molar-refractivity contribution >= 4 is 5.96 Å². The summed E-state index contributed by atoms with van der Waals surface area (Å²) < 4.78 is 0. The zero-order valence-corrected chi connectivity index (χ0v) is 12.2. The SMILES string of the molecule is CCC1CNCCC12CN=C(N)N2Cc1ccccc1. The summed E-state index contributed by atoms with van der Waals surface area (Å²) in [4.78, 5) is 6.94. The van der Waals surface area contributed by atoms with Crippen molar-refractivity contribution in [2.75, 3.05) is 19.6 Å². The molecule has 108 valence electrons. The quantitative estimate of drug-likeness (QED) is 0.878. The molecule has 0 bridgehead atoms. The van der Waals surface area contributed by atoms with E-state index in [1.165, 1.54) is 12.0 Å². The Morgan fingerprint density at radius 3 is 2.95 bits per heavy atom. The Labute approximate surface area is 121 Å². The predicted molar refractivity (Wildman–Crippen MR) is 82.5 cm³/mol. The topological polar surface area (TPSA) is 53.6 Å². The number of hydrogen-bond acceptors (Lipinski definition) is 4. The van der Waals surface area contributed by atoms with Crippen molar-refractivity contribution in [3.05, 3.63) is 35.9 Å². The predicted octanol–water partition coefficient (Wildman–Crippen LogP) is 1.58. The van der Waals surface area contributed by atoms with E-state index in [0.717, 1.165) is 32.6 Å². The van der Waals surface area contributed by atoms with Gasteiger partial charge in [-0.2, -0.15) is 0 Å². The number of guanidine groups is 1. The highest BCUT2D eigenvalue weighted by atomic mass is 15.4. The van der Waals surface area contributed by atoms with Crippen molar-refractivity contribution in [1.82, 2.24) is 10.2 Å². The van der Waals surface area contributed by atoms with Crippen molar-refractivity contribution < 1.29 is 0 Å². The second-order valence-electron chi connectivity index (χ2n) is 5.91. The first-order valence-corrected chi connectivity index (χ1v) is 7.58. The third kappa shape index (κ3) is 2.18. The second-order valence-corrected chi connectivity index (χ2v) is 5.91. The van der Waals surface area contributed by atoms with E-state index in [2.05, 4.69) is 52.5 Å². The second kappa shape index (κ2) is 5.44. The van der Waals surface area contributed by atoms with Gasteiger partial charge < -0.3 is 16.0 Å². The lowest BCUT2D eigenvalue weighted by Gasteiger charge is -2.48. The van der Waals surface area contributed by atoms with Crippen molar-refractivity contribution in [2.45, 2.75) is 31.8 Å². The van der Waals surface area contributed by atoms with Gasteiger partial charge in [-0.25, -0.2) is 0 Å². The zero-order chi connectivity index (χ0) is 14.0. The van der Waals surface area contributed by atoms with Gasteiger partial charge in [0.05, 0.1) is 12.1 Å². The number of piperidine rings is 1. The largest absolute Gasteiger partial charge is 0.370 e. The van der Waals surface area contributed by atoms with E-state index in [1.54, 1.807) is 0 Å². The van der Waals surface area contributed by atoms with Crippen LogP contribution in [0.3, 0.4) is 0 Å². The fourth-order valence-electron chi connectivity index (χ4n) is 3.68. The number of hydrogen-bond donors (Lipinski definition) is 2. The Morgan fingerprint density at radius 1 is 1.40 bits per heavy atom. The molecular weight excluding hydrogens is 248 g/mol. The van der Waals surface area contributed by atoms with Crippen molar-refractivity contribution in [3.63, 3.8) is 0 Å². The van der Waals surface area contributed by atoms with Crippen LogP contribution in [0.1, 0.15) is 25.3 Å². The molecule has 4 heteroatoms. The molecule has 2 atom stereocenters. The van der Waals surface area contributed by atoms with E-state index in [-0.39, 0.29) is 5.54 Å². The number of nitrogens with one attached hydrogen (secondary N) is 1. The number of nitrogens with zero attached hydrogens (tertiary/aromatic N) is 2. The molecule has 3 N–H and O–H groups in total. The molecule has 1 spiro atoms. The number of rotatable bonds is 3. The Morgan fingerprint density at radius 2 is 2.20 bits per heavy atom. The van der Waals surface area contributed by atoms with Gasteiger partial charge in [0.25, 0.3) is 0 Å². The molecule has 20 heavy (non-hydrogen) atoms. The molecule has 2 heterocycles. The molecule has 3 rings (SSSR count). The van der Waals surface area contributed by atoms with E-state index in [1.807, 2.05) is 0 Å². The number of aliphatic imine (C=N–C) groups is 1. The zero-order valence-electron chi connectivity index (χ0n) is 12.2.